The highest BCUT2D eigenvalue weighted by molar-refractivity contribution is 5.75. The first-order valence-corrected chi connectivity index (χ1v) is 8.57. The lowest BCUT2D eigenvalue weighted by molar-refractivity contribution is -0.144. The van der Waals surface area contributed by atoms with Crippen LogP contribution in [0.4, 0.5) is 0 Å². The Balaban J connectivity index is 1.94. The van der Waals surface area contributed by atoms with Crippen LogP contribution in [0.3, 0.4) is 0 Å². The highest BCUT2D eigenvalue weighted by Gasteiger charge is 2.13. The smallest absolute Gasteiger partial charge is 0.322 e. The minimum Gasteiger partial charge on any atom is -0.496 e. The number of aromatic nitrogens is 1. The molecule has 0 saturated heterocycles. The van der Waals surface area contributed by atoms with Gasteiger partial charge < -0.3 is 19.6 Å². The van der Waals surface area contributed by atoms with E-state index in [2.05, 4.69) is 16.8 Å². The molecule has 2 rings (SSSR count). The number of carbonyl (C=O) groups is 1. The summed E-state index contributed by atoms with van der Waals surface area (Å²) in [4.78, 5) is 15.5. The molecule has 0 radical (unpaired) electrons. The van der Waals surface area contributed by atoms with Gasteiger partial charge in [0.1, 0.15) is 11.8 Å². The number of oxazole rings is 1. The first-order chi connectivity index (χ1) is 12.5. The van der Waals surface area contributed by atoms with Crippen LogP contribution in [0.2, 0.25) is 0 Å². The topological polar surface area (TPSA) is 87.6 Å². The molecule has 0 bridgehead atoms. The minimum atomic E-state index is -0.582. The van der Waals surface area contributed by atoms with Crippen LogP contribution in [-0.4, -0.2) is 30.7 Å². The van der Waals surface area contributed by atoms with Crippen LogP contribution in [0.15, 0.2) is 28.8 Å². The number of unbranched alkanes of at least 4 members (excludes halogenated alkanes) is 1. The van der Waals surface area contributed by atoms with Crippen molar-refractivity contribution < 1.29 is 18.7 Å². The van der Waals surface area contributed by atoms with E-state index in [-0.39, 0.29) is 5.97 Å². The first kappa shape index (κ1) is 19.5. The molecule has 0 amide bonds. The van der Waals surface area contributed by atoms with Gasteiger partial charge in [0.25, 0.3) is 0 Å². The van der Waals surface area contributed by atoms with E-state index < -0.39 is 6.04 Å². The van der Waals surface area contributed by atoms with E-state index in [1.807, 2.05) is 18.2 Å². The first-order valence-electron chi connectivity index (χ1n) is 8.57. The minimum absolute atomic E-state index is 0.345. The zero-order valence-corrected chi connectivity index (χ0v) is 15.4. The molecule has 2 N–H and O–H groups in total. The molecule has 0 aliphatic carbocycles. The van der Waals surface area contributed by atoms with Crippen molar-refractivity contribution in [2.24, 2.45) is 5.73 Å². The molecule has 26 heavy (non-hydrogen) atoms. The van der Waals surface area contributed by atoms with E-state index in [4.69, 9.17) is 19.6 Å². The van der Waals surface area contributed by atoms with Gasteiger partial charge in [-0.05, 0) is 38.0 Å². The van der Waals surface area contributed by atoms with Crippen LogP contribution in [-0.2, 0) is 9.53 Å². The van der Waals surface area contributed by atoms with Crippen molar-refractivity contribution in [2.45, 2.75) is 39.2 Å². The van der Waals surface area contributed by atoms with E-state index in [9.17, 15) is 4.79 Å². The second kappa shape index (κ2) is 9.64. The molecular weight excluding hydrogens is 332 g/mol. The molecule has 0 aliphatic heterocycles. The number of methoxy groups -OCH3 is 1. The third-order valence-electron chi connectivity index (χ3n) is 3.73. The molecule has 0 saturated carbocycles. The molecule has 1 heterocycles. The van der Waals surface area contributed by atoms with Gasteiger partial charge in [-0.1, -0.05) is 11.8 Å². The Morgan fingerprint density at radius 1 is 1.42 bits per heavy atom. The lowest BCUT2D eigenvalue weighted by Gasteiger charge is -2.08. The Kier molecular flexibility index (Phi) is 7.24. The number of carbonyl (C=O) groups excluding carboxylic acids is 1. The second-order valence-electron chi connectivity index (χ2n) is 5.71. The van der Waals surface area contributed by atoms with Gasteiger partial charge in [0, 0.05) is 18.9 Å². The average Bonchev–Trinajstić information content (AvgIpc) is 3.07. The normalized spacial score (nSPS) is 11.4. The number of hydrogen-bond donors (Lipinski definition) is 1. The highest BCUT2D eigenvalue weighted by Crippen LogP contribution is 2.31. The summed E-state index contributed by atoms with van der Waals surface area (Å²) in [5.74, 6) is 7.77. The maximum atomic E-state index is 11.4. The van der Waals surface area contributed by atoms with Crippen LogP contribution in [0.5, 0.6) is 5.75 Å². The fraction of sp³-hybridized carbons (Fsp3) is 0.400. The molecule has 1 atom stereocenters. The van der Waals surface area contributed by atoms with Gasteiger partial charge >= 0.3 is 5.97 Å². The molecule has 138 valence electrons. The fourth-order valence-corrected chi connectivity index (χ4v) is 2.40. The second-order valence-corrected chi connectivity index (χ2v) is 5.71. The van der Waals surface area contributed by atoms with E-state index in [0.29, 0.717) is 36.8 Å². The quantitative estimate of drug-likeness (QED) is 0.466. The summed E-state index contributed by atoms with van der Waals surface area (Å²) in [6.45, 7) is 3.90. The Labute approximate surface area is 153 Å². The molecule has 0 fully saturated rings. The van der Waals surface area contributed by atoms with Crippen molar-refractivity contribution >= 4 is 5.97 Å². The van der Waals surface area contributed by atoms with Gasteiger partial charge in [-0.25, -0.2) is 4.98 Å². The number of ether oxygens (including phenoxy) is 2. The number of benzene rings is 1. The van der Waals surface area contributed by atoms with Gasteiger partial charge in [0.05, 0.1) is 25.5 Å². The van der Waals surface area contributed by atoms with Crippen LogP contribution in [0.1, 0.15) is 37.6 Å². The number of hydrogen-bond acceptors (Lipinski definition) is 6. The molecule has 6 nitrogen and oxygen atoms in total. The molecule has 1 aromatic heterocycles. The summed E-state index contributed by atoms with van der Waals surface area (Å²) in [5, 5.41) is 0. The summed E-state index contributed by atoms with van der Waals surface area (Å²) < 4.78 is 15.9. The maximum absolute atomic E-state index is 11.4. The third-order valence-corrected chi connectivity index (χ3v) is 3.73. The zero-order valence-electron chi connectivity index (χ0n) is 15.4. The Hall–Kier alpha value is -2.78. The van der Waals surface area contributed by atoms with Gasteiger partial charge in [-0.2, -0.15) is 0 Å². The van der Waals surface area contributed by atoms with Crippen molar-refractivity contribution in [2.75, 3.05) is 13.7 Å². The summed E-state index contributed by atoms with van der Waals surface area (Å²) in [6, 6.07) is 5.10. The molecular formula is C20H24N2O4. The predicted molar refractivity (Wildman–Crippen MR) is 98.6 cm³/mol. The van der Waals surface area contributed by atoms with Crippen molar-refractivity contribution in [3.63, 3.8) is 0 Å². The summed E-state index contributed by atoms with van der Waals surface area (Å²) >= 11 is 0. The number of aryl methyl sites for hydroxylation is 1. The summed E-state index contributed by atoms with van der Waals surface area (Å²) in [6.07, 6.45) is 3.62. The number of nitrogens with zero attached hydrogens (tertiary/aromatic N) is 1. The Morgan fingerprint density at radius 2 is 2.23 bits per heavy atom. The Morgan fingerprint density at radius 3 is 2.88 bits per heavy atom. The van der Waals surface area contributed by atoms with Crippen LogP contribution in [0, 0.1) is 18.8 Å². The van der Waals surface area contributed by atoms with Crippen molar-refractivity contribution in [1.29, 1.82) is 0 Å². The molecule has 6 heteroatoms. The van der Waals surface area contributed by atoms with Gasteiger partial charge in [-0.15, -0.1) is 0 Å². The third kappa shape index (κ3) is 5.36. The molecule has 0 aliphatic rings. The molecule has 1 unspecified atom stereocenters. The average molecular weight is 356 g/mol. The lowest BCUT2D eigenvalue weighted by atomic mass is 10.1. The SMILES string of the molecule is CCOC(=O)C(N)CCCC#Cc1ccc(-c2cnc(C)o2)c(OC)c1. The summed E-state index contributed by atoms with van der Waals surface area (Å²) in [5.41, 5.74) is 7.43. The number of esters is 1. The molecule has 0 spiro atoms. The molecule has 2 aromatic rings. The number of nitrogens with two attached hydrogens (primary N) is 1. The van der Waals surface area contributed by atoms with Gasteiger partial charge in [0.15, 0.2) is 11.7 Å². The number of rotatable bonds is 7. The predicted octanol–water partition coefficient (Wildman–Crippen LogP) is 3.07. The van der Waals surface area contributed by atoms with Crippen LogP contribution in [0.25, 0.3) is 11.3 Å². The van der Waals surface area contributed by atoms with Crippen molar-refractivity contribution in [3.8, 4) is 28.9 Å². The summed E-state index contributed by atoms with van der Waals surface area (Å²) in [7, 11) is 1.61. The molecule has 1 aromatic carbocycles. The van der Waals surface area contributed by atoms with Gasteiger partial charge in [0.2, 0.25) is 0 Å². The fourth-order valence-electron chi connectivity index (χ4n) is 2.40. The largest absolute Gasteiger partial charge is 0.496 e. The monoisotopic (exact) mass is 356 g/mol. The van der Waals surface area contributed by atoms with Crippen molar-refractivity contribution in [1.82, 2.24) is 4.98 Å². The van der Waals surface area contributed by atoms with E-state index in [0.717, 1.165) is 17.5 Å². The van der Waals surface area contributed by atoms with E-state index in [1.165, 1.54) is 0 Å². The zero-order chi connectivity index (χ0) is 18.9. The van der Waals surface area contributed by atoms with Crippen LogP contribution >= 0.6 is 0 Å². The van der Waals surface area contributed by atoms with Gasteiger partial charge in [-0.3, -0.25) is 4.79 Å². The Bertz CT molecular complexity index is 802. The standard InChI is InChI=1S/C20H24N2O4/c1-4-25-20(23)17(21)9-7-5-6-8-15-10-11-16(18(12-15)24-3)19-13-22-14(2)26-19/h10-13,17H,4-5,7,9,21H2,1-3H3. The van der Waals surface area contributed by atoms with Crippen LogP contribution < -0.4 is 10.5 Å². The lowest BCUT2D eigenvalue weighted by Crippen LogP contribution is -2.32. The van der Waals surface area contributed by atoms with E-state index >= 15 is 0 Å². The van der Waals surface area contributed by atoms with E-state index in [1.54, 1.807) is 27.2 Å². The maximum Gasteiger partial charge on any atom is 0.322 e. The highest BCUT2D eigenvalue weighted by atomic mass is 16.5. The van der Waals surface area contributed by atoms with Crippen molar-refractivity contribution in [3.05, 3.63) is 35.9 Å².